The molecule has 0 fully saturated rings. The number of rotatable bonds is 17. The summed E-state index contributed by atoms with van der Waals surface area (Å²) < 4.78 is 10.1. The van der Waals surface area contributed by atoms with E-state index in [-0.39, 0.29) is 0 Å². The van der Waals surface area contributed by atoms with Gasteiger partial charge in [-0.05, 0) is 226 Å². The molecule has 0 radical (unpaired) electrons. The Morgan fingerprint density at radius 3 is 0.974 bits per heavy atom. The molecule has 0 spiro atoms. The zero-order valence-electron chi connectivity index (χ0n) is 62.0. The zero-order valence-corrected chi connectivity index (χ0v) is 64.4. The van der Waals surface area contributed by atoms with E-state index < -0.39 is 0 Å². The summed E-state index contributed by atoms with van der Waals surface area (Å²) in [4.78, 5) is 13.3. The smallest absolute Gasteiger partial charge is 0.143 e. The fourth-order valence-electron chi connectivity index (χ4n) is 15.8. The lowest BCUT2D eigenvalue weighted by Gasteiger charge is -2.26. The van der Waals surface area contributed by atoms with Crippen molar-refractivity contribution in [2.24, 2.45) is 0 Å². The Balaban J connectivity index is 0.000000150. The largest absolute Gasteiger partial charge is 0.455 e. The monoisotopic (exact) mass is 1510 g/mol. The third-order valence-electron chi connectivity index (χ3n) is 21.4. The van der Waals surface area contributed by atoms with Crippen LogP contribution in [0.5, 0.6) is 0 Å². The van der Waals surface area contributed by atoms with Crippen LogP contribution in [-0.4, -0.2) is 4.57 Å². The molecular weight excluding hydrogens is 1440 g/mol. The Morgan fingerprint density at radius 2 is 0.535 bits per heavy atom. The highest BCUT2D eigenvalue weighted by atomic mass is 32.1. The lowest BCUT2D eigenvalue weighted by molar-refractivity contribution is 0.670. The molecule has 114 heavy (non-hydrogen) atoms. The summed E-state index contributed by atoms with van der Waals surface area (Å²) in [7, 11) is 0. The summed E-state index contributed by atoms with van der Waals surface area (Å²) in [6.07, 6.45) is 0. The second kappa shape index (κ2) is 30.6. The van der Waals surface area contributed by atoms with E-state index in [1.165, 1.54) is 84.1 Å². The van der Waals surface area contributed by atoms with E-state index in [0.29, 0.717) is 0 Å². The number of fused-ring (bicyclic) bond motifs is 7. The number of aromatic nitrogens is 1. The van der Waals surface area contributed by atoms with Gasteiger partial charge in [-0.2, -0.15) is 0 Å². The molecular formula is C106H72N4OS3. The van der Waals surface area contributed by atoms with Gasteiger partial charge in [0.2, 0.25) is 0 Å². The maximum Gasteiger partial charge on any atom is 0.143 e. The Bertz CT molecular complexity index is 6830. The lowest BCUT2D eigenvalue weighted by Crippen LogP contribution is -2.10. The molecule has 5 nitrogen and oxygen atoms in total. The van der Waals surface area contributed by atoms with Gasteiger partial charge < -0.3 is 23.7 Å². The maximum atomic E-state index is 6.38. The SMILES string of the molecule is c1ccc(-c2ccc(-c3ccc(N(c4ccc(-c5cc6ccccc6s5)cc4)c4ccc(-n5c6ccccc6c6ccccc65)cc4)cc3)s2)cc1.c1ccc(-c2ccc(-c3ccc(N(c4ccccc4)c4ccc(-c5ccc(N(c6ccccc6)c6ccc(-c7cccc8c7oc7ccccc78)cc6)cc5)cc4)cc3)s2)cc1. The van der Waals surface area contributed by atoms with Gasteiger partial charge in [-0.3, -0.25) is 0 Å². The molecule has 0 aliphatic carbocycles. The topological polar surface area (TPSA) is 27.8 Å². The van der Waals surface area contributed by atoms with Crippen LogP contribution in [0.3, 0.4) is 0 Å². The number of anilines is 9. The number of hydrogen-bond donors (Lipinski definition) is 0. The molecule has 5 aromatic heterocycles. The van der Waals surface area contributed by atoms with Gasteiger partial charge in [-0.15, -0.1) is 34.0 Å². The van der Waals surface area contributed by atoms with Crippen LogP contribution in [0.4, 0.5) is 51.2 Å². The first-order valence-electron chi connectivity index (χ1n) is 38.4. The summed E-state index contributed by atoms with van der Waals surface area (Å²) in [5.74, 6) is 0. The number of thiophene rings is 3. The van der Waals surface area contributed by atoms with Gasteiger partial charge in [0, 0.05) is 113 Å². The molecule has 0 bridgehead atoms. The van der Waals surface area contributed by atoms with Crippen LogP contribution in [0.2, 0.25) is 0 Å². The van der Waals surface area contributed by atoms with Crippen LogP contribution in [0.25, 0.3) is 134 Å². The van der Waals surface area contributed by atoms with E-state index >= 15 is 0 Å². The quantitative estimate of drug-likeness (QED) is 0.0908. The summed E-state index contributed by atoms with van der Waals surface area (Å²) in [5, 5.41) is 6.10. The first-order chi connectivity index (χ1) is 56.5. The van der Waals surface area contributed by atoms with E-state index in [2.05, 4.69) is 444 Å². The van der Waals surface area contributed by atoms with Crippen molar-refractivity contribution in [3.8, 4) is 80.1 Å². The second-order valence-corrected chi connectivity index (χ2v) is 31.6. The van der Waals surface area contributed by atoms with Crippen LogP contribution in [0.15, 0.2) is 441 Å². The van der Waals surface area contributed by atoms with E-state index in [1.807, 2.05) is 46.1 Å². The lowest BCUT2D eigenvalue weighted by atomic mass is 10.0. The second-order valence-electron chi connectivity index (χ2n) is 28.3. The fourth-order valence-corrected chi connectivity index (χ4v) is 18.9. The van der Waals surface area contributed by atoms with E-state index in [1.54, 1.807) is 0 Å². The minimum Gasteiger partial charge on any atom is -0.455 e. The molecule has 0 atom stereocenters. The summed E-state index contributed by atoms with van der Waals surface area (Å²) in [6.45, 7) is 0. The molecule has 8 heteroatoms. The van der Waals surface area contributed by atoms with Gasteiger partial charge in [0.05, 0.1) is 11.0 Å². The number of furan rings is 1. The normalized spacial score (nSPS) is 11.3. The number of para-hydroxylation sites is 6. The molecule has 21 rings (SSSR count). The van der Waals surface area contributed by atoms with Crippen LogP contribution in [0.1, 0.15) is 0 Å². The third-order valence-corrected chi connectivity index (χ3v) is 24.9. The van der Waals surface area contributed by atoms with Crippen LogP contribution >= 0.6 is 34.0 Å². The van der Waals surface area contributed by atoms with Gasteiger partial charge in [-0.1, -0.05) is 261 Å². The minimum atomic E-state index is 0.907. The van der Waals surface area contributed by atoms with Crippen molar-refractivity contribution in [1.29, 1.82) is 0 Å². The number of hydrogen-bond acceptors (Lipinski definition) is 7. The number of nitrogens with zero attached hydrogens (tertiary/aromatic N) is 4. The summed E-state index contributed by atoms with van der Waals surface area (Å²) in [6, 6.07) is 157. The average Bonchev–Trinajstić information content (AvgIpc) is 1.61. The minimum absolute atomic E-state index is 0.907. The van der Waals surface area contributed by atoms with Gasteiger partial charge in [0.25, 0.3) is 0 Å². The van der Waals surface area contributed by atoms with Crippen molar-refractivity contribution in [3.63, 3.8) is 0 Å². The molecule has 0 amide bonds. The standard InChI is InChI=1S/C58H40N2OS.C48H32N2S2/c1-4-13-44(14-5-1)56-39-40-57(62-56)45-29-37-51(38-30-45)60(47-17-8-3-9-18-47)49-33-25-42(26-34-49)41-23-31-48(32-24-41)59(46-15-6-2-7-16-46)50-35-27-43(28-36-50)52-20-12-21-54-53-19-10-11-22-55(53)61-58(52)54;1-2-10-33(11-3-1)46-30-31-47(51-46)34-18-22-37(23-19-34)49(38-24-20-35(21-25-38)48-32-36-12-4-9-17-45(36)52-48)39-26-28-40(29-27-39)50-43-15-7-5-13-41(43)42-14-6-8-16-44(42)50/h1-40H;1-32H. The van der Waals surface area contributed by atoms with Crippen LogP contribution in [0, 0.1) is 0 Å². The summed E-state index contributed by atoms with van der Waals surface area (Å²) >= 11 is 5.50. The van der Waals surface area contributed by atoms with Crippen molar-refractivity contribution >= 4 is 139 Å². The van der Waals surface area contributed by atoms with Crippen molar-refractivity contribution in [2.75, 3.05) is 14.7 Å². The average molecular weight is 1510 g/mol. The van der Waals surface area contributed by atoms with Crippen molar-refractivity contribution < 1.29 is 4.42 Å². The molecule has 0 saturated carbocycles. The molecule has 0 N–H and O–H groups in total. The molecule has 21 aromatic rings. The van der Waals surface area contributed by atoms with Gasteiger partial charge in [0.15, 0.2) is 0 Å². The molecule has 0 saturated heterocycles. The highest BCUT2D eigenvalue weighted by Gasteiger charge is 2.21. The van der Waals surface area contributed by atoms with Crippen LogP contribution < -0.4 is 14.7 Å². The van der Waals surface area contributed by atoms with E-state index in [0.717, 1.165) is 101 Å². The Hall–Kier alpha value is -14.1. The highest BCUT2D eigenvalue weighted by Crippen LogP contribution is 2.46. The third kappa shape index (κ3) is 13.6. The predicted octanol–water partition coefficient (Wildman–Crippen LogP) is 31.8. The Labute approximate surface area is 674 Å². The van der Waals surface area contributed by atoms with Gasteiger partial charge in [0.1, 0.15) is 11.2 Å². The zero-order chi connectivity index (χ0) is 75.7. The molecule has 16 aromatic carbocycles. The predicted molar refractivity (Wildman–Crippen MR) is 488 cm³/mol. The molecule has 0 unspecified atom stereocenters. The van der Waals surface area contributed by atoms with Crippen LogP contribution in [-0.2, 0) is 0 Å². The van der Waals surface area contributed by atoms with E-state index in [4.69, 9.17) is 4.42 Å². The highest BCUT2D eigenvalue weighted by molar-refractivity contribution is 7.22. The number of benzene rings is 16. The summed E-state index contributed by atoms with van der Waals surface area (Å²) in [5.41, 5.74) is 26.0. The Morgan fingerprint density at radius 1 is 0.211 bits per heavy atom. The first kappa shape index (κ1) is 69.1. The van der Waals surface area contributed by atoms with Gasteiger partial charge in [-0.25, -0.2) is 0 Å². The molecule has 5 heterocycles. The van der Waals surface area contributed by atoms with E-state index in [9.17, 15) is 0 Å². The van der Waals surface area contributed by atoms with Crippen molar-refractivity contribution in [3.05, 3.63) is 437 Å². The Kier molecular flexibility index (Phi) is 18.6. The van der Waals surface area contributed by atoms with Gasteiger partial charge >= 0.3 is 0 Å². The molecule has 0 aliphatic rings. The molecule has 0 aliphatic heterocycles. The molecule has 540 valence electrons. The maximum absolute atomic E-state index is 6.38. The van der Waals surface area contributed by atoms with Crippen molar-refractivity contribution in [1.82, 2.24) is 4.57 Å². The fraction of sp³-hybridized carbons (Fsp3) is 0. The van der Waals surface area contributed by atoms with Crippen molar-refractivity contribution in [2.45, 2.75) is 0 Å². The first-order valence-corrected chi connectivity index (χ1v) is 40.9.